The molecule has 0 aromatic heterocycles. The molecule has 0 amide bonds. The summed E-state index contributed by atoms with van der Waals surface area (Å²) in [6.45, 7) is 6.08. The van der Waals surface area contributed by atoms with Gasteiger partial charge in [-0.2, -0.15) is 0 Å². The number of allylic oxidation sites excluding steroid dienone is 1. The van der Waals surface area contributed by atoms with E-state index >= 15 is 0 Å². The number of fused-ring (bicyclic) bond motifs is 1. The number of rotatable bonds is 7. The first kappa shape index (κ1) is 21.6. The predicted octanol–water partition coefficient (Wildman–Crippen LogP) is 8.98. The molecule has 2 fully saturated rings. The lowest BCUT2D eigenvalue weighted by atomic mass is 9.68. The molecule has 0 atom stereocenters. The van der Waals surface area contributed by atoms with Crippen molar-refractivity contribution < 1.29 is 4.39 Å². The van der Waals surface area contributed by atoms with Crippen LogP contribution in [0.2, 0.25) is 0 Å². The third-order valence-corrected chi connectivity index (χ3v) is 8.17. The Morgan fingerprint density at radius 1 is 0.933 bits per heavy atom. The van der Waals surface area contributed by atoms with E-state index in [2.05, 4.69) is 31.7 Å². The van der Waals surface area contributed by atoms with Crippen LogP contribution in [-0.4, -0.2) is 0 Å². The monoisotopic (exact) mass is 406 g/mol. The Kier molecular flexibility index (Phi) is 7.28. The number of halogens is 1. The van der Waals surface area contributed by atoms with Gasteiger partial charge in [0.15, 0.2) is 0 Å². The summed E-state index contributed by atoms with van der Waals surface area (Å²) in [6.07, 6.45) is 17.5. The van der Waals surface area contributed by atoms with Crippen molar-refractivity contribution in [2.75, 3.05) is 0 Å². The van der Waals surface area contributed by atoms with Gasteiger partial charge >= 0.3 is 0 Å². The second kappa shape index (κ2) is 10.1. The van der Waals surface area contributed by atoms with Gasteiger partial charge in [-0.25, -0.2) is 4.39 Å². The van der Waals surface area contributed by atoms with Crippen LogP contribution in [-0.2, 0) is 6.42 Å². The third kappa shape index (κ3) is 4.82. The minimum Gasteiger partial charge on any atom is -0.206 e. The molecule has 2 aliphatic carbocycles. The van der Waals surface area contributed by atoms with E-state index in [1.165, 1.54) is 69.8 Å². The highest BCUT2D eigenvalue weighted by Gasteiger charge is 2.31. The largest absolute Gasteiger partial charge is 0.206 e. The molecule has 0 radical (unpaired) electrons. The van der Waals surface area contributed by atoms with Gasteiger partial charge in [-0.05, 0) is 91.6 Å². The van der Waals surface area contributed by atoms with Crippen molar-refractivity contribution in [1.82, 2.24) is 0 Å². The molecular weight excluding hydrogens is 367 g/mol. The first-order chi connectivity index (χ1) is 14.7. The Morgan fingerprint density at radius 3 is 2.30 bits per heavy atom. The zero-order valence-corrected chi connectivity index (χ0v) is 18.8. The van der Waals surface area contributed by atoms with Crippen LogP contribution in [0, 0.1) is 23.6 Å². The van der Waals surface area contributed by atoms with Crippen LogP contribution in [0.3, 0.4) is 0 Å². The molecule has 2 aliphatic rings. The maximum Gasteiger partial charge on any atom is 0.134 e. The van der Waals surface area contributed by atoms with Crippen LogP contribution >= 0.6 is 0 Å². The van der Waals surface area contributed by atoms with Crippen LogP contribution in [0.25, 0.3) is 10.8 Å². The fourth-order valence-electron chi connectivity index (χ4n) is 6.34. The van der Waals surface area contributed by atoms with Crippen LogP contribution in [0.5, 0.6) is 0 Å². The maximum absolute atomic E-state index is 14.9. The van der Waals surface area contributed by atoms with E-state index in [4.69, 9.17) is 0 Å². The summed E-state index contributed by atoms with van der Waals surface area (Å²) >= 11 is 0. The molecule has 0 nitrogen and oxygen atoms in total. The Morgan fingerprint density at radius 2 is 1.63 bits per heavy atom. The fraction of sp³-hybridized carbons (Fsp3) is 0.586. The highest BCUT2D eigenvalue weighted by Crippen LogP contribution is 2.44. The average Bonchev–Trinajstić information content (AvgIpc) is 2.79. The minimum absolute atomic E-state index is 0.0386. The average molecular weight is 407 g/mol. The summed E-state index contributed by atoms with van der Waals surface area (Å²) in [5, 5.41) is 1.83. The number of aryl methyl sites for hydroxylation is 1. The van der Waals surface area contributed by atoms with Gasteiger partial charge in [-0.1, -0.05) is 69.0 Å². The maximum atomic E-state index is 14.9. The Bertz CT molecular complexity index is 835. The molecule has 0 N–H and O–H groups in total. The molecule has 2 saturated carbocycles. The molecule has 0 unspecified atom stereocenters. The van der Waals surface area contributed by atoms with Gasteiger partial charge in [-0.3, -0.25) is 0 Å². The van der Waals surface area contributed by atoms with E-state index in [1.807, 2.05) is 18.2 Å². The molecule has 0 aliphatic heterocycles. The summed E-state index contributed by atoms with van der Waals surface area (Å²) in [5.74, 6) is 3.57. The zero-order valence-electron chi connectivity index (χ0n) is 18.8. The Hall–Kier alpha value is -1.63. The van der Waals surface area contributed by atoms with Crippen molar-refractivity contribution in [2.45, 2.75) is 89.9 Å². The second-order valence-corrected chi connectivity index (χ2v) is 10.0. The Balaban J connectivity index is 1.37. The van der Waals surface area contributed by atoms with Crippen LogP contribution < -0.4 is 0 Å². The van der Waals surface area contributed by atoms with Gasteiger partial charge in [0.2, 0.25) is 0 Å². The number of benzene rings is 2. The fourth-order valence-corrected chi connectivity index (χ4v) is 6.34. The lowest BCUT2D eigenvalue weighted by Crippen LogP contribution is -2.25. The molecule has 0 spiro atoms. The van der Waals surface area contributed by atoms with Gasteiger partial charge < -0.3 is 0 Å². The standard InChI is InChI=1S/C29H39F/c1-3-5-7-25-16-17-27-20-26(18-19-28(27)29(25)30)24-14-12-23(13-15-24)22-10-8-21(6-4-2)9-11-22/h3,16-24H,1,4-15H2,2H3. The van der Waals surface area contributed by atoms with E-state index in [-0.39, 0.29) is 5.82 Å². The van der Waals surface area contributed by atoms with Gasteiger partial charge in [0.25, 0.3) is 0 Å². The quantitative estimate of drug-likeness (QED) is 0.402. The SMILES string of the molecule is C=CCCc1ccc2cc(C3CCC(C4CCC(CCC)CC4)CC3)ccc2c1F. The highest BCUT2D eigenvalue weighted by atomic mass is 19.1. The lowest BCUT2D eigenvalue weighted by Gasteiger charge is -2.38. The van der Waals surface area contributed by atoms with Crippen molar-refractivity contribution >= 4 is 10.8 Å². The van der Waals surface area contributed by atoms with Crippen LogP contribution in [0.1, 0.15) is 94.6 Å². The molecule has 30 heavy (non-hydrogen) atoms. The van der Waals surface area contributed by atoms with Crippen LogP contribution in [0.15, 0.2) is 43.0 Å². The van der Waals surface area contributed by atoms with E-state index in [0.29, 0.717) is 5.92 Å². The first-order valence-electron chi connectivity index (χ1n) is 12.5. The second-order valence-electron chi connectivity index (χ2n) is 10.0. The molecular formula is C29H39F. The number of hydrogen-bond donors (Lipinski definition) is 0. The van der Waals surface area contributed by atoms with Crippen molar-refractivity contribution in [3.05, 3.63) is 59.9 Å². The number of hydrogen-bond acceptors (Lipinski definition) is 0. The van der Waals surface area contributed by atoms with E-state index < -0.39 is 0 Å². The molecule has 0 heterocycles. The van der Waals surface area contributed by atoms with Crippen molar-refractivity contribution in [3.8, 4) is 0 Å². The summed E-state index contributed by atoms with van der Waals surface area (Å²) in [5.41, 5.74) is 2.23. The van der Waals surface area contributed by atoms with E-state index in [9.17, 15) is 4.39 Å². The van der Waals surface area contributed by atoms with Crippen LogP contribution in [0.4, 0.5) is 4.39 Å². The molecule has 2 aromatic rings. The van der Waals surface area contributed by atoms with E-state index in [0.717, 1.165) is 46.9 Å². The minimum atomic E-state index is -0.0386. The molecule has 1 heteroatoms. The Labute approximate surface area is 183 Å². The van der Waals surface area contributed by atoms with Gasteiger partial charge in [0.05, 0.1) is 0 Å². The molecule has 0 bridgehead atoms. The normalized spacial score (nSPS) is 27.3. The topological polar surface area (TPSA) is 0 Å². The molecule has 162 valence electrons. The van der Waals surface area contributed by atoms with Gasteiger partial charge in [-0.15, -0.1) is 6.58 Å². The summed E-state index contributed by atoms with van der Waals surface area (Å²) < 4.78 is 14.9. The van der Waals surface area contributed by atoms with Crippen molar-refractivity contribution in [2.24, 2.45) is 17.8 Å². The molecule has 2 aromatic carbocycles. The lowest BCUT2D eigenvalue weighted by molar-refractivity contribution is 0.156. The van der Waals surface area contributed by atoms with E-state index in [1.54, 1.807) is 0 Å². The first-order valence-corrected chi connectivity index (χ1v) is 12.5. The van der Waals surface area contributed by atoms with Gasteiger partial charge in [0.1, 0.15) is 5.82 Å². The predicted molar refractivity (Wildman–Crippen MR) is 127 cm³/mol. The van der Waals surface area contributed by atoms with Crippen molar-refractivity contribution in [3.63, 3.8) is 0 Å². The summed E-state index contributed by atoms with van der Waals surface area (Å²) in [6, 6.07) is 10.6. The zero-order chi connectivity index (χ0) is 20.9. The highest BCUT2D eigenvalue weighted by molar-refractivity contribution is 5.84. The summed E-state index contributed by atoms with van der Waals surface area (Å²) in [7, 11) is 0. The molecule has 4 rings (SSSR count). The van der Waals surface area contributed by atoms with Gasteiger partial charge in [0, 0.05) is 5.39 Å². The molecule has 0 saturated heterocycles. The third-order valence-electron chi connectivity index (χ3n) is 8.17. The smallest absolute Gasteiger partial charge is 0.134 e. The summed E-state index contributed by atoms with van der Waals surface area (Å²) in [4.78, 5) is 0. The van der Waals surface area contributed by atoms with Crippen molar-refractivity contribution in [1.29, 1.82) is 0 Å².